The second kappa shape index (κ2) is 31.7. The van der Waals surface area contributed by atoms with Gasteiger partial charge in [-0.1, -0.05) is 81.1 Å². The Labute approximate surface area is 458 Å². The zero-order chi connectivity index (χ0) is 57.4. The number of nitrogens with one attached hydrogen (secondary N) is 8. The number of carbonyl (C=O) groups excluding carboxylic acids is 4. The van der Waals surface area contributed by atoms with E-state index in [4.69, 9.17) is 28.4 Å². The smallest absolute Gasteiger partial charge is 0.315 e. The molecule has 0 saturated carbocycles. The van der Waals surface area contributed by atoms with E-state index in [1.54, 1.807) is 0 Å². The predicted octanol–water partition coefficient (Wildman–Crippen LogP) is -1.18. The van der Waals surface area contributed by atoms with Crippen LogP contribution in [0.2, 0.25) is 0 Å². The van der Waals surface area contributed by atoms with Crippen LogP contribution in [0.3, 0.4) is 0 Å². The molecule has 5 aliphatic heterocycles. The molecule has 0 aromatic rings. The van der Waals surface area contributed by atoms with E-state index in [1.807, 2.05) is 55.4 Å². The highest BCUT2D eigenvalue weighted by Crippen LogP contribution is 2.37. The summed E-state index contributed by atoms with van der Waals surface area (Å²) in [7, 11) is 0. The molecule has 0 radical (unpaired) electrons. The fourth-order valence-corrected chi connectivity index (χ4v) is 11.7. The lowest BCUT2D eigenvalue weighted by Crippen LogP contribution is -2.69. The van der Waals surface area contributed by atoms with Gasteiger partial charge in [0.15, 0.2) is 12.6 Å². The van der Waals surface area contributed by atoms with Gasteiger partial charge in [0.05, 0.1) is 75.1 Å². The Morgan fingerprint density at radius 2 is 0.654 bits per heavy atom. The van der Waals surface area contributed by atoms with Gasteiger partial charge in [0.25, 0.3) is 0 Å². The van der Waals surface area contributed by atoms with Crippen molar-refractivity contribution in [3.63, 3.8) is 0 Å². The van der Waals surface area contributed by atoms with E-state index in [2.05, 4.69) is 42.5 Å². The molecule has 20 atom stereocenters. The van der Waals surface area contributed by atoms with Crippen molar-refractivity contribution in [1.29, 1.82) is 0 Å². The van der Waals surface area contributed by atoms with Crippen LogP contribution >= 0.6 is 0 Å². The number of aliphatic hydroxyl groups excluding tert-OH is 8. The summed E-state index contributed by atoms with van der Waals surface area (Å²) in [5, 5.41) is 112. The summed E-state index contributed by atoms with van der Waals surface area (Å²) in [5.41, 5.74) is 0. The Balaban J connectivity index is 1.33. The van der Waals surface area contributed by atoms with Crippen LogP contribution in [0.1, 0.15) is 107 Å². The molecular formula is C52H96N8O18. The minimum atomic E-state index is -1.48. The molecule has 20 unspecified atom stereocenters. The number of fused-ring (bicyclic) bond motifs is 6. The van der Waals surface area contributed by atoms with E-state index in [0.717, 1.165) is 0 Å². The zero-order valence-electron chi connectivity index (χ0n) is 46.8. The minimum Gasteiger partial charge on any atom is -0.394 e. The molecule has 0 aromatic carbocycles. The highest BCUT2D eigenvalue weighted by Gasteiger charge is 2.55. The molecule has 8 amide bonds. The third-order valence-electron chi connectivity index (χ3n) is 15.8. The van der Waals surface area contributed by atoms with Gasteiger partial charge in [-0.25, -0.2) is 19.2 Å². The summed E-state index contributed by atoms with van der Waals surface area (Å²) < 4.78 is 37.8. The van der Waals surface area contributed by atoms with E-state index in [9.17, 15) is 60.0 Å². The maximum absolute atomic E-state index is 13.5. The Hall–Kier alpha value is -3.48. The maximum atomic E-state index is 13.5. The second-order valence-corrected chi connectivity index (χ2v) is 22.9. The maximum Gasteiger partial charge on any atom is 0.315 e. The number of aliphatic hydroxyl groups is 8. The van der Waals surface area contributed by atoms with Gasteiger partial charge in [-0.3, -0.25) is 0 Å². The van der Waals surface area contributed by atoms with E-state index in [-0.39, 0.29) is 49.9 Å². The number of carbonyl (C=O) groups is 4. The van der Waals surface area contributed by atoms with Gasteiger partial charge in [-0.2, -0.15) is 0 Å². The third-order valence-corrected chi connectivity index (χ3v) is 15.8. The lowest BCUT2D eigenvalue weighted by atomic mass is 9.80. The van der Waals surface area contributed by atoms with Crippen molar-refractivity contribution in [3.05, 3.63) is 0 Å². The van der Waals surface area contributed by atoms with E-state index >= 15 is 0 Å². The number of rotatable bonds is 8. The van der Waals surface area contributed by atoms with Crippen molar-refractivity contribution < 1.29 is 88.5 Å². The van der Waals surface area contributed by atoms with Crippen molar-refractivity contribution in [2.45, 2.75) is 217 Å². The quantitative estimate of drug-likeness (QED) is 0.136. The molecule has 5 saturated heterocycles. The molecule has 26 heteroatoms. The molecule has 26 nitrogen and oxygen atoms in total. The van der Waals surface area contributed by atoms with Gasteiger partial charge in [0.2, 0.25) is 0 Å². The number of hydrogen-bond acceptors (Lipinski definition) is 18. The standard InChI is InChI=1S/C52H96N8O18/c1-25(2)33-29(21-61)75-47-37(39(33)65)59-51(71)55-19-15-11-12-16-20-56-52(72)60-38-40(66)34(26(3)4)30(22-62)76-48(38)78-46-32(24-64)74-44(28(7)8)36(42(46)68)58-50(70)54-18-14-10-9-13-17-53-49(69)57-35-41(67)45(77-47)31(23-63)73-43(35)27(5)6/h25-48,61-68H,9-24H2,1-8H3,(H2,53,57,69)(H2,54,58,70)(H2,55,59,71)(H2,56,60,72). The number of ether oxygens (including phenoxy) is 6. The molecule has 5 aliphatic rings. The fraction of sp³-hybridized carbons (Fsp3) is 0.923. The summed E-state index contributed by atoms with van der Waals surface area (Å²) >= 11 is 0. The second-order valence-electron chi connectivity index (χ2n) is 22.9. The predicted molar refractivity (Wildman–Crippen MR) is 281 cm³/mol. The van der Waals surface area contributed by atoms with E-state index in [1.165, 1.54) is 0 Å². The van der Waals surface area contributed by atoms with Crippen LogP contribution in [0.25, 0.3) is 0 Å². The van der Waals surface area contributed by atoms with Crippen molar-refractivity contribution in [2.24, 2.45) is 35.5 Å². The Morgan fingerprint density at radius 3 is 0.910 bits per heavy atom. The highest BCUT2D eigenvalue weighted by atomic mass is 16.7. The largest absolute Gasteiger partial charge is 0.394 e. The van der Waals surface area contributed by atoms with Crippen LogP contribution in [0.4, 0.5) is 19.2 Å². The lowest BCUT2D eigenvalue weighted by Gasteiger charge is -2.50. The summed E-state index contributed by atoms with van der Waals surface area (Å²) in [6.45, 7) is 13.5. The van der Waals surface area contributed by atoms with E-state index < -0.39 is 172 Å². The Morgan fingerprint density at radius 1 is 0.372 bits per heavy atom. The van der Waals surface area contributed by atoms with Crippen LogP contribution in [-0.4, -0.2) is 228 Å². The number of hydrogen-bond donors (Lipinski definition) is 16. The monoisotopic (exact) mass is 1120 g/mol. The molecule has 16 N–H and O–H groups in total. The first-order valence-corrected chi connectivity index (χ1v) is 28.4. The first-order valence-electron chi connectivity index (χ1n) is 28.4. The van der Waals surface area contributed by atoms with Crippen molar-refractivity contribution >= 4 is 24.1 Å². The zero-order valence-corrected chi connectivity index (χ0v) is 46.8. The molecule has 452 valence electrons. The van der Waals surface area contributed by atoms with Crippen LogP contribution in [0, 0.1) is 35.5 Å². The SMILES string of the molecule is CC(C)C1OC(CO)C2OC3OC(CO)C(C(C)C)C(O)C3NC(=O)NCCCCCCNC(=O)NC3C(OC(CO)C(C(C)C)C3O)OC3C(CO)OC(C(C)C)C(NC(=O)NCCCCCCNC(=O)NC1C2O)C3O. The van der Waals surface area contributed by atoms with Gasteiger partial charge in [-0.15, -0.1) is 0 Å². The molecular weight excluding hydrogens is 1020 g/mol. The van der Waals surface area contributed by atoms with E-state index in [0.29, 0.717) is 51.4 Å². The third kappa shape index (κ3) is 17.3. The minimum absolute atomic E-state index is 0.215. The van der Waals surface area contributed by atoms with Gasteiger partial charge < -0.3 is 112 Å². The summed E-state index contributed by atoms with van der Waals surface area (Å²) in [6.07, 6.45) is -12.0. The Bertz CT molecular complexity index is 1700. The molecule has 5 fully saturated rings. The Kier molecular flexibility index (Phi) is 26.5. The molecule has 0 aliphatic carbocycles. The van der Waals surface area contributed by atoms with Gasteiger partial charge in [0, 0.05) is 38.0 Å². The fourth-order valence-electron chi connectivity index (χ4n) is 11.7. The summed E-state index contributed by atoms with van der Waals surface area (Å²) in [4.78, 5) is 53.8. The average Bonchev–Trinajstić information content (AvgIpc) is 3.44. The van der Waals surface area contributed by atoms with Crippen LogP contribution < -0.4 is 42.5 Å². The normalized spacial score (nSPS) is 39.4. The van der Waals surface area contributed by atoms with Crippen LogP contribution in [0.5, 0.6) is 0 Å². The van der Waals surface area contributed by atoms with Crippen LogP contribution in [-0.2, 0) is 28.4 Å². The van der Waals surface area contributed by atoms with Crippen molar-refractivity contribution in [2.75, 3.05) is 52.6 Å². The van der Waals surface area contributed by atoms with Gasteiger partial charge in [-0.05, 0) is 49.4 Å². The number of amides is 8. The first-order chi connectivity index (χ1) is 37.2. The van der Waals surface area contributed by atoms with Crippen molar-refractivity contribution in [1.82, 2.24) is 42.5 Å². The summed E-state index contributed by atoms with van der Waals surface area (Å²) in [5.74, 6) is -2.22. The topological polar surface area (TPSA) is 382 Å². The number of urea groups is 4. The average molecular weight is 1120 g/mol. The first kappa shape index (κ1) is 65.3. The molecule has 0 aromatic heterocycles. The van der Waals surface area contributed by atoms with Crippen LogP contribution in [0.15, 0.2) is 0 Å². The molecule has 5 rings (SSSR count). The molecule has 5 heterocycles. The highest BCUT2D eigenvalue weighted by molar-refractivity contribution is 5.75. The van der Waals surface area contributed by atoms with Crippen molar-refractivity contribution in [3.8, 4) is 0 Å². The van der Waals surface area contributed by atoms with Gasteiger partial charge in [0.1, 0.15) is 48.7 Å². The molecule has 78 heavy (non-hydrogen) atoms. The molecule has 4 bridgehead atoms. The summed E-state index contributed by atoms with van der Waals surface area (Å²) in [6, 6.07) is -7.03. The van der Waals surface area contributed by atoms with Gasteiger partial charge >= 0.3 is 24.1 Å². The molecule has 0 spiro atoms. The lowest BCUT2D eigenvalue weighted by molar-refractivity contribution is -0.312.